The number of hydrogen-bond acceptors (Lipinski definition) is 2. The molecule has 4 heteroatoms. The van der Waals surface area contributed by atoms with Crippen LogP contribution in [0.3, 0.4) is 0 Å². The van der Waals surface area contributed by atoms with Gasteiger partial charge in [-0.25, -0.2) is 0 Å². The minimum Gasteiger partial charge on any atom is -0.271 e. The zero-order chi connectivity index (χ0) is 13.1. The van der Waals surface area contributed by atoms with E-state index in [1.165, 1.54) is 25.7 Å². The predicted molar refractivity (Wildman–Crippen MR) is 80.3 cm³/mol. The molecule has 0 aliphatic heterocycles. The van der Waals surface area contributed by atoms with Gasteiger partial charge in [0.1, 0.15) is 0 Å². The van der Waals surface area contributed by atoms with Crippen LogP contribution in [0, 0.1) is 11.8 Å². The van der Waals surface area contributed by atoms with Crippen LogP contribution >= 0.6 is 27.5 Å². The molecule has 3 N–H and O–H groups in total. The van der Waals surface area contributed by atoms with Gasteiger partial charge < -0.3 is 0 Å². The lowest BCUT2D eigenvalue weighted by Crippen LogP contribution is -2.35. The number of hydrazine groups is 1. The summed E-state index contributed by atoms with van der Waals surface area (Å²) in [5, 5.41) is 0.791. The van der Waals surface area contributed by atoms with Gasteiger partial charge in [0.05, 0.1) is 6.04 Å². The molecule has 100 valence electrons. The Kier molecular flexibility index (Phi) is 5.07. The summed E-state index contributed by atoms with van der Waals surface area (Å²) in [5.74, 6) is 7.13. The maximum absolute atomic E-state index is 6.31. The quantitative estimate of drug-likeness (QED) is 0.635. The molecule has 1 saturated carbocycles. The predicted octanol–water partition coefficient (Wildman–Crippen LogP) is 4.43. The summed E-state index contributed by atoms with van der Waals surface area (Å²) >= 11 is 9.81. The molecule has 0 saturated heterocycles. The first-order valence-electron chi connectivity index (χ1n) is 6.53. The van der Waals surface area contributed by atoms with Gasteiger partial charge in [0.2, 0.25) is 0 Å². The summed E-state index contributed by atoms with van der Waals surface area (Å²) < 4.78 is 1.05. The molecule has 3 atom stereocenters. The van der Waals surface area contributed by atoms with Crippen molar-refractivity contribution in [2.24, 2.45) is 17.7 Å². The van der Waals surface area contributed by atoms with E-state index in [9.17, 15) is 0 Å². The second-order valence-electron chi connectivity index (χ2n) is 5.34. The van der Waals surface area contributed by atoms with Crippen molar-refractivity contribution in [1.82, 2.24) is 5.43 Å². The zero-order valence-electron chi connectivity index (χ0n) is 10.6. The Morgan fingerprint density at radius 2 is 2.22 bits per heavy atom. The second-order valence-corrected chi connectivity index (χ2v) is 6.66. The number of halogens is 2. The molecule has 1 aromatic carbocycles. The fraction of sp³-hybridized carbons (Fsp3) is 0.571. The van der Waals surface area contributed by atoms with Crippen molar-refractivity contribution in [3.63, 3.8) is 0 Å². The van der Waals surface area contributed by atoms with Crippen molar-refractivity contribution in [3.8, 4) is 0 Å². The second kappa shape index (κ2) is 6.38. The Labute approximate surface area is 122 Å². The van der Waals surface area contributed by atoms with E-state index in [0.717, 1.165) is 21.0 Å². The van der Waals surface area contributed by atoms with Crippen molar-refractivity contribution in [2.75, 3.05) is 0 Å². The maximum Gasteiger partial charge on any atom is 0.0503 e. The molecule has 0 amide bonds. The third kappa shape index (κ3) is 3.27. The largest absolute Gasteiger partial charge is 0.271 e. The Hall–Kier alpha value is -0.0900. The van der Waals surface area contributed by atoms with Crippen LogP contribution in [0.5, 0.6) is 0 Å². The van der Waals surface area contributed by atoms with Gasteiger partial charge in [-0.2, -0.15) is 0 Å². The number of nitrogens with two attached hydrogens (primary N) is 1. The average Bonchev–Trinajstić information content (AvgIpc) is 2.35. The number of rotatable bonds is 3. The zero-order valence-corrected chi connectivity index (χ0v) is 13.0. The van der Waals surface area contributed by atoms with Crippen LogP contribution in [-0.4, -0.2) is 0 Å². The van der Waals surface area contributed by atoms with Gasteiger partial charge in [0, 0.05) is 9.50 Å². The van der Waals surface area contributed by atoms with E-state index < -0.39 is 0 Å². The first-order chi connectivity index (χ1) is 8.61. The summed E-state index contributed by atoms with van der Waals surface area (Å²) in [6.07, 6.45) is 5.06. The summed E-state index contributed by atoms with van der Waals surface area (Å²) in [6, 6.07) is 6.12. The van der Waals surface area contributed by atoms with Gasteiger partial charge in [-0.1, -0.05) is 47.3 Å². The summed E-state index contributed by atoms with van der Waals surface area (Å²) in [7, 11) is 0. The van der Waals surface area contributed by atoms with Gasteiger partial charge in [0.25, 0.3) is 0 Å². The lowest BCUT2D eigenvalue weighted by molar-refractivity contribution is 0.224. The van der Waals surface area contributed by atoms with Gasteiger partial charge in [-0.3, -0.25) is 11.3 Å². The van der Waals surface area contributed by atoms with Crippen molar-refractivity contribution < 1.29 is 0 Å². The number of nitrogens with one attached hydrogen (secondary N) is 1. The molecule has 2 nitrogen and oxygen atoms in total. The van der Waals surface area contributed by atoms with Crippen molar-refractivity contribution in [3.05, 3.63) is 33.3 Å². The fourth-order valence-electron chi connectivity index (χ4n) is 3.02. The van der Waals surface area contributed by atoms with E-state index in [0.29, 0.717) is 5.92 Å². The third-order valence-corrected chi connectivity index (χ3v) is 4.76. The van der Waals surface area contributed by atoms with E-state index in [1.54, 1.807) is 0 Å². The van der Waals surface area contributed by atoms with Gasteiger partial charge in [-0.15, -0.1) is 0 Å². The molecule has 1 aromatic rings. The van der Waals surface area contributed by atoms with Crippen LogP contribution < -0.4 is 11.3 Å². The molecular weight excluding hydrogens is 312 g/mol. The minimum atomic E-state index is 0.151. The molecule has 1 aliphatic rings. The van der Waals surface area contributed by atoms with E-state index in [4.69, 9.17) is 17.4 Å². The highest BCUT2D eigenvalue weighted by Gasteiger charge is 2.28. The molecule has 0 radical (unpaired) electrons. The van der Waals surface area contributed by atoms with Crippen LogP contribution in [0.2, 0.25) is 5.02 Å². The topological polar surface area (TPSA) is 38.0 Å². The molecule has 18 heavy (non-hydrogen) atoms. The molecule has 1 fully saturated rings. The van der Waals surface area contributed by atoms with Gasteiger partial charge in [-0.05, 0) is 48.4 Å². The van der Waals surface area contributed by atoms with Gasteiger partial charge in [0.15, 0.2) is 0 Å². The fourth-order valence-corrected chi connectivity index (χ4v) is 3.63. The summed E-state index contributed by atoms with van der Waals surface area (Å²) in [4.78, 5) is 0. The standard InChI is InChI=1S/C14H20BrClN2/c1-9-3-2-4-10(7-9)14(18-17)12-8-11(15)5-6-13(12)16/h5-6,8-10,14,18H,2-4,7,17H2,1H3. The molecule has 2 rings (SSSR count). The van der Waals surface area contributed by atoms with Crippen LogP contribution in [0.1, 0.15) is 44.2 Å². The first-order valence-corrected chi connectivity index (χ1v) is 7.70. The van der Waals surface area contributed by atoms with E-state index in [2.05, 4.69) is 34.3 Å². The van der Waals surface area contributed by atoms with Crippen molar-refractivity contribution in [1.29, 1.82) is 0 Å². The molecule has 3 unspecified atom stereocenters. The van der Waals surface area contributed by atoms with Crippen LogP contribution in [0.15, 0.2) is 22.7 Å². The highest BCUT2D eigenvalue weighted by Crippen LogP contribution is 2.39. The molecule has 0 bridgehead atoms. The first kappa shape index (κ1) is 14.3. The van der Waals surface area contributed by atoms with Crippen LogP contribution in [-0.2, 0) is 0 Å². The molecule has 1 aliphatic carbocycles. The normalized spacial score (nSPS) is 26.0. The highest BCUT2D eigenvalue weighted by molar-refractivity contribution is 9.10. The SMILES string of the molecule is CC1CCCC(C(NN)c2cc(Br)ccc2Cl)C1. The number of benzene rings is 1. The van der Waals surface area contributed by atoms with Crippen molar-refractivity contribution >= 4 is 27.5 Å². The van der Waals surface area contributed by atoms with Crippen LogP contribution in [0.4, 0.5) is 0 Å². The molecule has 0 heterocycles. The van der Waals surface area contributed by atoms with E-state index >= 15 is 0 Å². The molecule has 0 aromatic heterocycles. The van der Waals surface area contributed by atoms with Crippen molar-refractivity contribution in [2.45, 2.75) is 38.6 Å². The highest BCUT2D eigenvalue weighted by atomic mass is 79.9. The summed E-state index contributed by atoms with van der Waals surface area (Å²) in [6.45, 7) is 2.32. The third-order valence-electron chi connectivity index (χ3n) is 3.92. The monoisotopic (exact) mass is 330 g/mol. The molecular formula is C14H20BrClN2. The van der Waals surface area contributed by atoms with Crippen LogP contribution in [0.25, 0.3) is 0 Å². The van der Waals surface area contributed by atoms with Gasteiger partial charge >= 0.3 is 0 Å². The minimum absolute atomic E-state index is 0.151. The smallest absolute Gasteiger partial charge is 0.0503 e. The van der Waals surface area contributed by atoms with E-state index in [1.807, 2.05) is 12.1 Å². The Morgan fingerprint density at radius 1 is 1.44 bits per heavy atom. The maximum atomic E-state index is 6.31. The Morgan fingerprint density at radius 3 is 2.89 bits per heavy atom. The van der Waals surface area contributed by atoms with E-state index in [-0.39, 0.29) is 6.04 Å². The average molecular weight is 332 g/mol. The Balaban J connectivity index is 2.24. The number of hydrogen-bond donors (Lipinski definition) is 2. The summed E-state index contributed by atoms with van der Waals surface area (Å²) in [5.41, 5.74) is 4.08. The molecule has 0 spiro atoms. The lowest BCUT2D eigenvalue weighted by Gasteiger charge is -2.33. The lowest BCUT2D eigenvalue weighted by atomic mass is 9.77. The Bertz CT molecular complexity index is 411.